The van der Waals surface area contributed by atoms with Gasteiger partial charge in [0.15, 0.2) is 29.2 Å². The van der Waals surface area contributed by atoms with Gasteiger partial charge in [-0.1, -0.05) is 63.4 Å². The molecule has 0 radical (unpaired) electrons. The quantitative estimate of drug-likeness (QED) is 0.231. The number of para-hydroxylation sites is 1. The minimum Gasteiger partial charge on any atom is -0.469 e. The number of aromatic nitrogens is 2. The molecule has 1 saturated carbocycles. The Hall–Kier alpha value is -4.97. The number of rotatable bonds is 6. The van der Waals surface area contributed by atoms with Crippen LogP contribution in [0.4, 0.5) is 5.69 Å². The molecule has 2 aromatic heterocycles. The molecule has 0 saturated heterocycles. The zero-order valence-electron chi connectivity index (χ0n) is 27.6. The molecule has 3 N–H and O–H groups in total. The zero-order chi connectivity index (χ0) is 34.1. The highest BCUT2D eigenvalue weighted by Crippen LogP contribution is 2.59. The summed E-state index contributed by atoms with van der Waals surface area (Å²) in [5, 5.41) is 18.0. The van der Waals surface area contributed by atoms with Crippen LogP contribution in [-0.4, -0.2) is 51.7 Å². The standard InChI is InChI=1S/C37H38N4O8/c1-19(2)28-33-41-29(32-38-25(18-47-32)34(44)46-3)30(49-33)37-22-9-5-6-10-24(22)39-35(37)48-26-12-11-20(16-23(26)37)15-21(31(43)40-28)17-27(42)36(45)13-7-4-8-14-36/h5-6,9-12,16,18-19,21,28,35,39,45H,4,7-8,13-15,17H2,1-3H3,(H,40,43)/t21?,28-,35-,37?/m0/s1. The number of nitrogens with zero attached hydrogens (tertiary/aromatic N) is 2. The van der Waals surface area contributed by atoms with E-state index in [1.165, 1.54) is 13.4 Å². The summed E-state index contributed by atoms with van der Waals surface area (Å²) in [6.07, 6.45) is 4.07. The van der Waals surface area contributed by atoms with Crippen LogP contribution in [0, 0.1) is 11.8 Å². The van der Waals surface area contributed by atoms with Crippen LogP contribution in [0.15, 0.2) is 57.6 Å². The normalized spacial score (nSPS) is 24.8. The molecule has 4 aromatic rings. The summed E-state index contributed by atoms with van der Waals surface area (Å²) in [4.78, 5) is 49.7. The number of hydrogen-bond donors (Lipinski definition) is 3. The van der Waals surface area contributed by atoms with E-state index in [9.17, 15) is 19.5 Å². The van der Waals surface area contributed by atoms with Crippen molar-refractivity contribution in [1.82, 2.24) is 15.3 Å². The zero-order valence-corrected chi connectivity index (χ0v) is 27.6. The fourth-order valence-electron chi connectivity index (χ4n) is 7.97. The van der Waals surface area contributed by atoms with Crippen molar-refractivity contribution in [1.29, 1.82) is 0 Å². The maximum Gasteiger partial charge on any atom is 0.360 e. The predicted octanol–water partition coefficient (Wildman–Crippen LogP) is 5.23. The number of anilines is 1. The molecule has 4 aliphatic rings. The summed E-state index contributed by atoms with van der Waals surface area (Å²) in [6.45, 7) is 3.89. The largest absolute Gasteiger partial charge is 0.469 e. The number of nitrogens with one attached hydrogen (secondary N) is 2. The molecule has 3 aliphatic heterocycles. The Morgan fingerprint density at radius 3 is 2.63 bits per heavy atom. The highest BCUT2D eigenvalue weighted by Gasteiger charge is 2.61. The number of methoxy groups -OCH3 is 1. The number of ether oxygens (including phenoxy) is 2. The maximum absolute atomic E-state index is 14.2. The number of ketones is 1. The minimum atomic E-state index is -1.42. The number of hydrogen-bond acceptors (Lipinski definition) is 11. The van der Waals surface area contributed by atoms with Crippen LogP contribution in [0.1, 0.15) is 97.2 Å². The Labute approximate surface area is 282 Å². The van der Waals surface area contributed by atoms with Gasteiger partial charge in [-0.2, -0.15) is 0 Å². The van der Waals surface area contributed by atoms with Gasteiger partial charge in [-0.3, -0.25) is 9.59 Å². The lowest BCUT2D eigenvalue weighted by Gasteiger charge is -2.32. The third-order valence-corrected chi connectivity index (χ3v) is 10.6. The van der Waals surface area contributed by atoms with Gasteiger partial charge in [0, 0.05) is 23.6 Å². The van der Waals surface area contributed by atoms with E-state index in [4.69, 9.17) is 23.3 Å². The van der Waals surface area contributed by atoms with Gasteiger partial charge >= 0.3 is 5.97 Å². The number of esters is 1. The summed E-state index contributed by atoms with van der Waals surface area (Å²) >= 11 is 0. The van der Waals surface area contributed by atoms with Crippen molar-refractivity contribution in [3.05, 3.63) is 82.8 Å². The Balaban J connectivity index is 1.33. The summed E-state index contributed by atoms with van der Waals surface area (Å²) in [5.41, 5.74) is 1.06. The van der Waals surface area contributed by atoms with E-state index in [-0.39, 0.29) is 53.6 Å². The monoisotopic (exact) mass is 666 g/mol. The van der Waals surface area contributed by atoms with Gasteiger partial charge in [-0.05, 0) is 48.4 Å². The number of carbonyl (C=O) groups is 3. The van der Waals surface area contributed by atoms with Crippen LogP contribution in [0.2, 0.25) is 0 Å². The van der Waals surface area contributed by atoms with Gasteiger partial charge in [0.25, 0.3) is 0 Å². The SMILES string of the molecule is COC(=O)c1coc(-c2nc3oc2C24c5ccccc5N[C@H]2Oc2ccc(cc24)CC(CC(=O)C2(O)CCCCC2)C(=O)N[C@H]3C(C)C)n1. The first-order chi connectivity index (χ1) is 23.6. The Bertz CT molecular complexity index is 1970. The van der Waals surface area contributed by atoms with Gasteiger partial charge in [0.2, 0.25) is 17.7 Å². The second kappa shape index (κ2) is 11.6. The lowest BCUT2D eigenvalue weighted by molar-refractivity contribution is -0.144. The first-order valence-electron chi connectivity index (χ1n) is 16.9. The van der Waals surface area contributed by atoms with E-state index >= 15 is 0 Å². The summed E-state index contributed by atoms with van der Waals surface area (Å²) in [6, 6.07) is 12.9. The highest BCUT2D eigenvalue weighted by molar-refractivity contribution is 5.92. The van der Waals surface area contributed by atoms with Crippen molar-refractivity contribution in [3.63, 3.8) is 0 Å². The Kier molecular flexibility index (Phi) is 7.40. The molecule has 1 fully saturated rings. The number of Topliss-reactive ketones (excluding diaryl/α,β-unsaturated/α-hetero) is 1. The Morgan fingerprint density at radius 1 is 1.06 bits per heavy atom. The molecule has 4 atom stereocenters. The predicted molar refractivity (Wildman–Crippen MR) is 175 cm³/mol. The van der Waals surface area contributed by atoms with Gasteiger partial charge in [0.05, 0.1) is 7.11 Å². The fraction of sp³-hybridized carbons (Fsp3) is 0.432. The molecule has 5 heterocycles. The van der Waals surface area contributed by atoms with E-state index < -0.39 is 35.2 Å². The van der Waals surface area contributed by atoms with Crippen LogP contribution >= 0.6 is 0 Å². The van der Waals surface area contributed by atoms with Crippen molar-refractivity contribution in [2.75, 3.05) is 12.4 Å². The molecular weight excluding hydrogens is 628 g/mol. The topological polar surface area (TPSA) is 166 Å². The van der Waals surface area contributed by atoms with E-state index in [2.05, 4.69) is 15.6 Å². The molecule has 12 heteroatoms. The molecule has 12 nitrogen and oxygen atoms in total. The molecule has 254 valence electrons. The Morgan fingerprint density at radius 2 is 1.86 bits per heavy atom. The van der Waals surface area contributed by atoms with Gasteiger partial charge in [0.1, 0.15) is 29.1 Å². The molecule has 2 aromatic carbocycles. The third-order valence-electron chi connectivity index (χ3n) is 10.6. The molecule has 1 aliphatic carbocycles. The lowest BCUT2D eigenvalue weighted by Crippen LogP contribution is -2.44. The number of benzene rings is 2. The lowest BCUT2D eigenvalue weighted by atomic mass is 9.72. The van der Waals surface area contributed by atoms with Crippen LogP contribution in [0.25, 0.3) is 11.6 Å². The molecular formula is C37H38N4O8. The number of oxazole rings is 2. The number of fused-ring (bicyclic) bond motifs is 4. The first-order valence-corrected chi connectivity index (χ1v) is 16.9. The molecule has 1 amide bonds. The van der Waals surface area contributed by atoms with Crippen LogP contribution in [-0.2, 0) is 26.2 Å². The van der Waals surface area contributed by atoms with Crippen LogP contribution < -0.4 is 15.4 Å². The van der Waals surface area contributed by atoms with Gasteiger partial charge < -0.3 is 34.0 Å². The molecule has 4 bridgehead atoms. The first kappa shape index (κ1) is 31.3. The van der Waals surface area contributed by atoms with Crippen LogP contribution in [0.5, 0.6) is 5.75 Å². The van der Waals surface area contributed by atoms with Gasteiger partial charge in [-0.15, -0.1) is 0 Å². The second-order valence-electron chi connectivity index (χ2n) is 13.9. The van der Waals surface area contributed by atoms with Gasteiger partial charge in [-0.25, -0.2) is 14.8 Å². The van der Waals surface area contributed by atoms with Crippen molar-refractivity contribution in [2.24, 2.45) is 11.8 Å². The number of amides is 1. The second-order valence-corrected chi connectivity index (χ2v) is 13.9. The number of carbonyl (C=O) groups excluding carboxylic acids is 3. The summed E-state index contributed by atoms with van der Waals surface area (Å²) in [7, 11) is 1.26. The van der Waals surface area contributed by atoms with Crippen molar-refractivity contribution in [3.8, 4) is 17.3 Å². The minimum absolute atomic E-state index is 0.0314. The molecule has 1 spiro atoms. The summed E-state index contributed by atoms with van der Waals surface area (Å²) in [5.74, 6) is -1.00. The van der Waals surface area contributed by atoms with E-state index in [0.717, 1.165) is 41.6 Å². The maximum atomic E-state index is 14.2. The van der Waals surface area contributed by atoms with E-state index in [1.807, 2.05) is 56.3 Å². The smallest absolute Gasteiger partial charge is 0.360 e. The molecule has 2 unspecified atom stereocenters. The number of aliphatic hydroxyl groups is 1. The fourth-order valence-corrected chi connectivity index (χ4v) is 7.97. The van der Waals surface area contributed by atoms with Crippen LogP contribution in [0.3, 0.4) is 0 Å². The molecule has 49 heavy (non-hydrogen) atoms. The highest BCUT2D eigenvalue weighted by atomic mass is 16.5. The summed E-state index contributed by atoms with van der Waals surface area (Å²) < 4.78 is 24.1. The van der Waals surface area contributed by atoms with E-state index in [0.29, 0.717) is 24.4 Å². The van der Waals surface area contributed by atoms with Crippen molar-refractivity contribution < 1.29 is 37.8 Å². The van der Waals surface area contributed by atoms with E-state index in [1.54, 1.807) is 0 Å². The third kappa shape index (κ3) is 4.86. The average Bonchev–Trinajstić information content (AvgIpc) is 3.87. The van der Waals surface area contributed by atoms with Crippen molar-refractivity contribution in [2.45, 2.75) is 82.1 Å². The average molecular weight is 667 g/mol. The van der Waals surface area contributed by atoms with Crippen molar-refractivity contribution >= 4 is 23.3 Å². The molecule has 8 rings (SSSR count).